The highest BCUT2D eigenvalue weighted by molar-refractivity contribution is 9.09. The molecule has 0 fully saturated rings. The number of anilines is 1. The lowest BCUT2D eigenvalue weighted by Crippen LogP contribution is -2.27. The number of esters is 1. The molecule has 1 aromatic rings. The number of carbonyl (C=O) groups excluding carboxylic acids is 1. The van der Waals surface area contributed by atoms with E-state index in [1.165, 1.54) is 0 Å². The summed E-state index contributed by atoms with van der Waals surface area (Å²) in [6.45, 7) is 5.28. The largest absolute Gasteiger partial charge is 0.494 e. The van der Waals surface area contributed by atoms with Crippen LogP contribution in [0.5, 0.6) is 5.75 Å². The SMILES string of the molecule is CCOC(=O)CN(C)c1ccc(OCCCBr)cc1CC. The Morgan fingerprint density at radius 2 is 2.10 bits per heavy atom. The molecule has 0 atom stereocenters. The Morgan fingerprint density at radius 3 is 2.71 bits per heavy atom. The molecule has 0 bridgehead atoms. The number of likely N-dealkylation sites (N-methyl/N-ethyl adjacent to an activating group) is 1. The minimum atomic E-state index is -0.209. The number of rotatable bonds is 9. The molecule has 0 N–H and O–H groups in total. The summed E-state index contributed by atoms with van der Waals surface area (Å²) in [6, 6.07) is 6.00. The molecule has 0 radical (unpaired) electrons. The number of carbonyl (C=O) groups is 1. The summed E-state index contributed by atoms with van der Waals surface area (Å²) >= 11 is 3.39. The Labute approximate surface area is 135 Å². The Balaban J connectivity index is 2.75. The third-order valence-corrected chi connectivity index (χ3v) is 3.62. The molecule has 0 aliphatic heterocycles. The zero-order valence-corrected chi connectivity index (χ0v) is 14.6. The van der Waals surface area contributed by atoms with Crippen molar-refractivity contribution < 1.29 is 14.3 Å². The smallest absolute Gasteiger partial charge is 0.325 e. The highest BCUT2D eigenvalue weighted by Gasteiger charge is 2.12. The van der Waals surface area contributed by atoms with E-state index in [0.717, 1.165) is 35.2 Å². The molecule has 21 heavy (non-hydrogen) atoms. The van der Waals surface area contributed by atoms with Crippen LogP contribution in [0.4, 0.5) is 5.69 Å². The zero-order valence-electron chi connectivity index (χ0n) is 13.0. The van der Waals surface area contributed by atoms with Crippen molar-refractivity contribution in [2.75, 3.05) is 37.0 Å². The van der Waals surface area contributed by atoms with Crippen LogP contribution in [-0.4, -0.2) is 38.1 Å². The van der Waals surface area contributed by atoms with Crippen molar-refractivity contribution in [1.29, 1.82) is 0 Å². The summed E-state index contributed by atoms with van der Waals surface area (Å²) in [6.07, 6.45) is 1.87. The van der Waals surface area contributed by atoms with Gasteiger partial charge in [-0.1, -0.05) is 22.9 Å². The summed E-state index contributed by atoms with van der Waals surface area (Å²) in [4.78, 5) is 13.5. The first-order valence-electron chi connectivity index (χ1n) is 7.30. The van der Waals surface area contributed by atoms with Gasteiger partial charge in [0.15, 0.2) is 0 Å². The van der Waals surface area contributed by atoms with E-state index in [1.807, 2.05) is 37.1 Å². The van der Waals surface area contributed by atoms with Crippen LogP contribution in [0.15, 0.2) is 18.2 Å². The molecule has 0 amide bonds. The average molecular weight is 358 g/mol. The predicted octanol–water partition coefficient (Wildman–Crippen LogP) is 3.41. The van der Waals surface area contributed by atoms with Gasteiger partial charge in [0.1, 0.15) is 12.3 Å². The first-order valence-corrected chi connectivity index (χ1v) is 8.42. The van der Waals surface area contributed by atoms with Gasteiger partial charge < -0.3 is 14.4 Å². The van der Waals surface area contributed by atoms with Gasteiger partial charge in [0.05, 0.1) is 13.2 Å². The van der Waals surface area contributed by atoms with E-state index in [1.54, 1.807) is 0 Å². The van der Waals surface area contributed by atoms with Crippen LogP contribution < -0.4 is 9.64 Å². The van der Waals surface area contributed by atoms with Crippen LogP contribution in [0.3, 0.4) is 0 Å². The molecule has 4 nitrogen and oxygen atoms in total. The number of nitrogens with zero attached hydrogens (tertiary/aromatic N) is 1. The van der Waals surface area contributed by atoms with Gasteiger partial charge in [-0.25, -0.2) is 0 Å². The third-order valence-electron chi connectivity index (χ3n) is 3.06. The lowest BCUT2D eigenvalue weighted by molar-refractivity contribution is -0.141. The number of ether oxygens (including phenoxy) is 2. The van der Waals surface area contributed by atoms with Crippen LogP contribution >= 0.6 is 15.9 Å². The van der Waals surface area contributed by atoms with Gasteiger partial charge >= 0.3 is 5.97 Å². The van der Waals surface area contributed by atoms with Crippen molar-refractivity contribution in [3.63, 3.8) is 0 Å². The fourth-order valence-corrected chi connectivity index (χ4v) is 2.27. The van der Waals surface area contributed by atoms with Gasteiger partial charge in [0, 0.05) is 18.1 Å². The Morgan fingerprint density at radius 1 is 1.33 bits per heavy atom. The van der Waals surface area contributed by atoms with Gasteiger partial charge in [-0.2, -0.15) is 0 Å². The van der Waals surface area contributed by atoms with E-state index >= 15 is 0 Å². The van der Waals surface area contributed by atoms with Crippen molar-refractivity contribution in [2.24, 2.45) is 0 Å². The molecular formula is C16H24BrNO3. The van der Waals surface area contributed by atoms with Crippen LogP contribution in [-0.2, 0) is 16.0 Å². The number of hydrogen-bond donors (Lipinski definition) is 0. The zero-order chi connectivity index (χ0) is 15.7. The van der Waals surface area contributed by atoms with E-state index in [2.05, 4.69) is 22.9 Å². The monoisotopic (exact) mass is 357 g/mol. The van der Waals surface area contributed by atoms with E-state index in [9.17, 15) is 4.79 Å². The second-order valence-electron chi connectivity index (χ2n) is 4.70. The van der Waals surface area contributed by atoms with Crippen LogP contribution in [0.1, 0.15) is 25.8 Å². The lowest BCUT2D eigenvalue weighted by Gasteiger charge is -2.22. The Kier molecular flexibility index (Phi) is 8.20. The third kappa shape index (κ3) is 5.96. The minimum Gasteiger partial charge on any atom is -0.494 e. The molecule has 0 saturated heterocycles. The number of benzene rings is 1. The molecule has 1 aromatic carbocycles. The predicted molar refractivity (Wildman–Crippen MR) is 89.6 cm³/mol. The number of hydrogen-bond acceptors (Lipinski definition) is 4. The molecule has 118 valence electrons. The minimum absolute atomic E-state index is 0.209. The Bertz CT molecular complexity index is 451. The highest BCUT2D eigenvalue weighted by atomic mass is 79.9. The van der Waals surface area contributed by atoms with Gasteiger partial charge in [-0.05, 0) is 43.5 Å². The maximum absolute atomic E-state index is 11.6. The number of alkyl halides is 1. The van der Waals surface area contributed by atoms with Crippen LogP contribution in [0.2, 0.25) is 0 Å². The fourth-order valence-electron chi connectivity index (χ4n) is 2.04. The van der Waals surface area contributed by atoms with Crippen molar-refractivity contribution in [2.45, 2.75) is 26.7 Å². The maximum atomic E-state index is 11.6. The molecule has 0 saturated carbocycles. The quantitative estimate of drug-likeness (QED) is 0.385. The summed E-state index contributed by atoms with van der Waals surface area (Å²) < 4.78 is 10.7. The molecule has 0 aromatic heterocycles. The first kappa shape index (κ1) is 17.8. The van der Waals surface area contributed by atoms with E-state index in [4.69, 9.17) is 9.47 Å². The normalized spacial score (nSPS) is 10.3. The van der Waals surface area contributed by atoms with Crippen molar-refractivity contribution >= 4 is 27.6 Å². The second kappa shape index (κ2) is 9.66. The molecular weight excluding hydrogens is 334 g/mol. The molecule has 0 aliphatic carbocycles. The first-order chi connectivity index (χ1) is 10.1. The summed E-state index contributed by atoms with van der Waals surface area (Å²) in [7, 11) is 1.90. The van der Waals surface area contributed by atoms with Crippen molar-refractivity contribution in [3.8, 4) is 5.75 Å². The molecule has 0 heterocycles. The highest BCUT2D eigenvalue weighted by Crippen LogP contribution is 2.25. The number of aryl methyl sites for hydroxylation is 1. The van der Waals surface area contributed by atoms with Gasteiger partial charge in [0.2, 0.25) is 0 Å². The van der Waals surface area contributed by atoms with Gasteiger partial charge in [-0.3, -0.25) is 4.79 Å². The lowest BCUT2D eigenvalue weighted by atomic mass is 10.1. The summed E-state index contributed by atoms with van der Waals surface area (Å²) in [5.74, 6) is 0.667. The fraction of sp³-hybridized carbons (Fsp3) is 0.562. The van der Waals surface area contributed by atoms with Crippen LogP contribution in [0.25, 0.3) is 0 Å². The molecule has 1 rings (SSSR count). The standard InChI is InChI=1S/C16H24BrNO3/c1-4-13-11-14(21-10-6-9-17)7-8-15(13)18(3)12-16(19)20-5-2/h7-8,11H,4-6,9-10,12H2,1-3H3. The van der Waals surface area contributed by atoms with Gasteiger partial charge in [0.25, 0.3) is 0 Å². The van der Waals surface area contributed by atoms with Crippen molar-refractivity contribution in [3.05, 3.63) is 23.8 Å². The maximum Gasteiger partial charge on any atom is 0.325 e. The summed E-state index contributed by atoms with van der Waals surface area (Å²) in [5.41, 5.74) is 2.21. The average Bonchev–Trinajstić information content (AvgIpc) is 2.47. The summed E-state index contributed by atoms with van der Waals surface area (Å²) in [5, 5.41) is 0.938. The van der Waals surface area contributed by atoms with E-state index < -0.39 is 0 Å². The second-order valence-corrected chi connectivity index (χ2v) is 5.49. The molecule has 0 aliphatic rings. The Hall–Kier alpha value is -1.23. The van der Waals surface area contributed by atoms with Gasteiger partial charge in [-0.15, -0.1) is 0 Å². The van der Waals surface area contributed by atoms with Crippen LogP contribution in [0, 0.1) is 0 Å². The number of halogens is 1. The topological polar surface area (TPSA) is 38.8 Å². The van der Waals surface area contributed by atoms with E-state index in [-0.39, 0.29) is 12.5 Å². The molecule has 0 spiro atoms. The van der Waals surface area contributed by atoms with E-state index in [0.29, 0.717) is 13.2 Å². The molecule has 5 heteroatoms. The van der Waals surface area contributed by atoms with Crippen molar-refractivity contribution in [1.82, 2.24) is 0 Å². The molecule has 0 unspecified atom stereocenters.